The lowest BCUT2D eigenvalue weighted by Gasteiger charge is -2.32. The number of para-hydroxylation sites is 1. The van der Waals surface area contributed by atoms with Crippen LogP contribution in [0.25, 0.3) is 0 Å². The molecule has 0 bridgehead atoms. The highest BCUT2D eigenvalue weighted by atomic mass is 79.9. The van der Waals surface area contributed by atoms with Gasteiger partial charge >= 0.3 is 0 Å². The molecule has 2 aromatic rings. The molecule has 27 heavy (non-hydrogen) atoms. The number of nitrogens with one attached hydrogen (secondary N) is 1. The van der Waals surface area contributed by atoms with E-state index in [4.69, 9.17) is 4.74 Å². The van der Waals surface area contributed by atoms with E-state index in [1.807, 2.05) is 42.5 Å². The molecule has 1 unspecified atom stereocenters. The van der Waals surface area contributed by atoms with Gasteiger partial charge < -0.3 is 15.0 Å². The van der Waals surface area contributed by atoms with Crippen molar-refractivity contribution in [2.24, 2.45) is 5.92 Å². The van der Waals surface area contributed by atoms with Crippen molar-refractivity contribution in [3.05, 3.63) is 57.5 Å². The molecule has 5 nitrogen and oxygen atoms in total. The first kappa shape index (κ1) is 19.9. The average Bonchev–Trinajstić information content (AvgIpc) is 2.68. The first-order valence-electron chi connectivity index (χ1n) is 8.74. The molecule has 0 spiro atoms. The van der Waals surface area contributed by atoms with Gasteiger partial charge in [-0.3, -0.25) is 9.59 Å². The molecule has 1 N–H and O–H groups in total. The Kier molecular flexibility index (Phi) is 6.90. The summed E-state index contributed by atoms with van der Waals surface area (Å²) in [6.45, 7) is 1.02. The highest BCUT2D eigenvalue weighted by Crippen LogP contribution is 2.28. The minimum absolute atomic E-state index is 0.0460. The molecule has 2 amide bonds. The molecule has 7 heteroatoms. The van der Waals surface area contributed by atoms with Gasteiger partial charge in [0.25, 0.3) is 5.91 Å². The summed E-state index contributed by atoms with van der Waals surface area (Å²) in [5, 5.41) is 2.92. The predicted molar refractivity (Wildman–Crippen MR) is 112 cm³/mol. The summed E-state index contributed by atoms with van der Waals surface area (Å²) in [5.41, 5.74) is 0.773. The van der Waals surface area contributed by atoms with Crippen LogP contribution in [-0.2, 0) is 9.59 Å². The number of rotatable bonds is 5. The number of amides is 2. The smallest absolute Gasteiger partial charge is 0.260 e. The number of hydrogen-bond donors (Lipinski definition) is 1. The monoisotopic (exact) mass is 494 g/mol. The molecule has 3 rings (SSSR count). The van der Waals surface area contributed by atoms with E-state index < -0.39 is 0 Å². The minimum atomic E-state index is -0.206. The third kappa shape index (κ3) is 5.56. The predicted octanol–water partition coefficient (Wildman–Crippen LogP) is 4.47. The fraction of sp³-hybridized carbons (Fsp3) is 0.300. The lowest BCUT2D eigenvalue weighted by molar-refractivity contribution is -0.136. The normalized spacial score (nSPS) is 16.7. The van der Waals surface area contributed by atoms with Crippen molar-refractivity contribution >= 4 is 49.4 Å². The molecule has 142 valence electrons. The van der Waals surface area contributed by atoms with E-state index in [0.717, 1.165) is 27.5 Å². The van der Waals surface area contributed by atoms with Crippen LogP contribution in [0.1, 0.15) is 12.8 Å². The van der Waals surface area contributed by atoms with E-state index in [1.54, 1.807) is 11.0 Å². The number of likely N-dealkylation sites (tertiary alicyclic amines) is 1. The zero-order valence-corrected chi connectivity index (χ0v) is 17.8. The molecular formula is C20H20Br2N2O3. The third-order valence-corrected chi connectivity index (χ3v) is 5.54. The highest BCUT2D eigenvalue weighted by molar-refractivity contribution is 9.11. The topological polar surface area (TPSA) is 58.6 Å². The summed E-state index contributed by atoms with van der Waals surface area (Å²) in [4.78, 5) is 26.7. The fourth-order valence-electron chi connectivity index (χ4n) is 3.01. The molecule has 0 aliphatic carbocycles. The van der Waals surface area contributed by atoms with Gasteiger partial charge in [0.15, 0.2) is 6.61 Å². The minimum Gasteiger partial charge on any atom is -0.483 e. The lowest BCUT2D eigenvalue weighted by Crippen LogP contribution is -2.45. The maximum Gasteiger partial charge on any atom is 0.260 e. The first-order valence-corrected chi connectivity index (χ1v) is 10.3. The van der Waals surface area contributed by atoms with E-state index in [9.17, 15) is 9.59 Å². The first-order chi connectivity index (χ1) is 13.0. The van der Waals surface area contributed by atoms with Gasteiger partial charge in [-0.25, -0.2) is 0 Å². The molecular weight excluding hydrogens is 476 g/mol. The van der Waals surface area contributed by atoms with E-state index in [1.165, 1.54) is 0 Å². The van der Waals surface area contributed by atoms with E-state index in [0.29, 0.717) is 18.8 Å². The summed E-state index contributed by atoms with van der Waals surface area (Å²) >= 11 is 6.80. The van der Waals surface area contributed by atoms with Crippen LogP contribution < -0.4 is 10.1 Å². The van der Waals surface area contributed by atoms with Gasteiger partial charge in [0, 0.05) is 23.2 Å². The van der Waals surface area contributed by atoms with Crippen molar-refractivity contribution in [1.29, 1.82) is 0 Å². The third-order valence-electron chi connectivity index (χ3n) is 4.43. The average molecular weight is 496 g/mol. The Morgan fingerprint density at radius 1 is 1.15 bits per heavy atom. The van der Waals surface area contributed by atoms with Gasteiger partial charge in [0.05, 0.1) is 10.4 Å². The fourth-order valence-corrected chi connectivity index (χ4v) is 4.17. The molecule has 1 aliphatic rings. The van der Waals surface area contributed by atoms with Gasteiger partial charge in [-0.05, 0) is 59.1 Å². The molecule has 2 aromatic carbocycles. The number of carbonyl (C=O) groups is 2. The number of hydrogen-bond acceptors (Lipinski definition) is 3. The second kappa shape index (κ2) is 9.37. The van der Waals surface area contributed by atoms with Crippen molar-refractivity contribution in [2.75, 3.05) is 25.0 Å². The zero-order valence-electron chi connectivity index (χ0n) is 14.7. The van der Waals surface area contributed by atoms with Crippen LogP contribution in [0.2, 0.25) is 0 Å². The van der Waals surface area contributed by atoms with Gasteiger partial charge in [-0.1, -0.05) is 34.1 Å². The maximum atomic E-state index is 12.5. The lowest BCUT2D eigenvalue weighted by atomic mass is 9.97. The van der Waals surface area contributed by atoms with Crippen LogP contribution in [0.3, 0.4) is 0 Å². The Morgan fingerprint density at radius 2 is 1.93 bits per heavy atom. The van der Waals surface area contributed by atoms with Crippen LogP contribution in [-0.4, -0.2) is 36.4 Å². The number of halogens is 2. The standard InChI is InChI=1S/C20H20Br2N2O3/c21-15-8-9-18(17(22)11-15)27-13-19(25)24-10-4-5-14(12-24)20(26)23-16-6-2-1-3-7-16/h1-3,6-9,11,14H,4-5,10,12-13H2,(H,23,26). The van der Waals surface area contributed by atoms with Crippen molar-refractivity contribution in [2.45, 2.75) is 12.8 Å². The Hall–Kier alpha value is -1.86. The summed E-state index contributed by atoms with van der Waals surface area (Å²) in [5.74, 6) is 0.251. The van der Waals surface area contributed by atoms with E-state index >= 15 is 0 Å². The van der Waals surface area contributed by atoms with E-state index in [2.05, 4.69) is 37.2 Å². The SMILES string of the molecule is O=C(Nc1ccccc1)C1CCCN(C(=O)COc2ccc(Br)cc2Br)C1. The van der Waals surface area contributed by atoms with Crippen molar-refractivity contribution < 1.29 is 14.3 Å². The molecule has 0 saturated carbocycles. The van der Waals surface area contributed by atoms with Crippen LogP contribution >= 0.6 is 31.9 Å². The Labute approximate surface area is 175 Å². The number of anilines is 1. The maximum absolute atomic E-state index is 12.5. The number of nitrogens with zero attached hydrogens (tertiary/aromatic N) is 1. The van der Waals surface area contributed by atoms with Crippen LogP contribution in [0.4, 0.5) is 5.69 Å². The molecule has 1 heterocycles. The Morgan fingerprint density at radius 3 is 2.67 bits per heavy atom. The molecule has 1 saturated heterocycles. The van der Waals surface area contributed by atoms with Gasteiger partial charge in [0.1, 0.15) is 5.75 Å². The summed E-state index contributed by atoms with van der Waals surface area (Å²) in [6, 6.07) is 14.9. The number of benzene rings is 2. The second-order valence-corrected chi connectivity index (χ2v) is 8.17. The Bertz CT molecular complexity index is 814. The second-order valence-electron chi connectivity index (χ2n) is 6.40. The molecule has 0 radical (unpaired) electrons. The summed E-state index contributed by atoms with van der Waals surface area (Å²) in [7, 11) is 0. The molecule has 1 fully saturated rings. The molecule has 1 aliphatic heterocycles. The van der Waals surface area contributed by atoms with Gasteiger partial charge in [-0.15, -0.1) is 0 Å². The molecule has 0 aromatic heterocycles. The van der Waals surface area contributed by atoms with Crippen molar-refractivity contribution in [3.8, 4) is 5.75 Å². The van der Waals surface area contributed by atoms with Crippen LogP contribution in [0.15, 0.2) is 57.5 Å². The van der Waals surface area contributed by atoms with Crippen LogP contribution in [0, 0.1) is 5.92 Å². The quantitative estimate of drug-likeness (QED) is 0.665. The number of carbonyl (C=O) groups excluding carboxylic acids is 2. The summed E-state index contributed by atoms with van der Waals surface area (Å²) < 4.78 is 7.35. The largest absolute Gasteiger partial charge is 0.483 e. The summed E-state index contributed by atoms with van der Waals surface area (Å²) in [6.07, 6.45) is 1.59. The van der Waals surface area contributed by atoms with Gasteiger partial charge in [-0.2, -0.15) is 0 Å². The zero-order chi connectivity index (χ0) is 19.2. The molecule has 1 atom stereocenters. The van der Waals surface area contributed by atoms with Gasteiger partial charge in [0.2, 0.25) is 5.91 Å². The Balaban J connectivity index is 1.53. The van der Waals surface area contributed by atoms with E-state index in [-0.39, 0.29) is 24.3 Å². The number of ether oxygens (including phenoxy) is 1. The highest BCUT2D eigenvalue weighted by Gasteiger charge is 2.28. The van der Waals surface area contributed by atoms with Crippen molar-refractivity contribution in [1.82, 2.24) is 4.90 Å². The van der Waals surface area contributed by atoms with Crippen LogP contribution in [0.5, 0.6) is 5.75 Å². The number of piperidine rings is 1. The van der Waals surface area contributed by atoms with Crippen molar-refractivity contribution in [3.63, 3.8) is 0 Å².